The van der Waals surface area contributed by atoms with Crippen LogP contribution in [0.1, 0.15) is 26.3 Å². The zero-order valence-corrected chi connectivity index (χ0v) is 12.5. The van der Waals surface area contributed by atoms with Gasteiger partial charge in [-0.05, 0) is 31.5 Å². The topological polar surface area (TPSA) is 70.2 Å². The van der Waals surface area contributed by atoms with E-state index in [-0.39, 0.29) is 11.8 Å². The normalized spacial score (nSPS) is 11.0. The average molecular weight is 277 g/mol. The maximum Gasteiger partial charge on any atom is 0.226 e. The lowest BCUT2D eigenvalue weighted by molar-refractivity contribution is -0.128. The molecule has 0 unspecified atom stereocenters. The summed E-state index contributed by atoms with van der Waals surface area (Å²) in [4.78, 5) is 22.5. The van der Waals surface area contributed by atoms with Crippen molar-refractivity contribution in [2.45, 2.75) is 27.3 Å². The molecular weight excluding hydrogens is 254 g/mol. The monoisotopic (exact) mass is 277 g/mol. The van der Waals surface area contributed by atoms with E-state index in [1.807, 2.05) is 38.1 Å². The van der Waals surface area contributed by atoms with Crippen molar-refractivity contribution >= 4 is 17.5 Å². The van der Waals surface area contributed by atoms with Crippen LogP contribution in [0.2, 0.25) is 0 Å². The summed E-state index contributed by atoms with van der Waals surface area (Å²) in [5.41, 5.74) is 1.45. The van der Waals surface area contributed by atoms with E-state index in [1.54, 1.807) is 7.05 Å². The quantitative estimate of drug-likeness (QED) is 0.738. The number of anilines is 1. The van der Waals surface area contributed by atoms with Crippen molar-refractivity contribution in [3.63, 3.8) is 0 Å². The van der Waals surface area contributed by atoms with Gasteiger partial charge < -0.3 is 16.0 Å². The second-order valence-corrected chi connectivity index (χ2v) is 5.44. The van der Waals surface area contributed by atoms with Crippen LogP contribution in [0.4, 0.5) is 5.69 Å². The molecule has 20 heavy (non-hydrogen) atoms. The Kier molecular flexibility index (Phi) is 5.70. The molecular formula is C15H23N3O2. The first-order valence-electron chi connectivity index (χ1n) is 6.64. The fourth-order valence-electron chi connectivity index (χ4n) is 1.85. The van der Waals surface area contributed by atoms with E-state index in [4.69, 9.17) is 0 Å². The number of hydrogen-bond acceptors (Lipinski definition) is 3. The third-order valence-electron chi connectivity index (χ3n) is 3.01. The van der Waals surface area contributed by atoms with Gasteiger partial charge in [-0.2, -0.15) is 0 Å². The lowest BCUT2D eigenvalue weighted by atomic mass is 9.92. The Morgan fingerprint density at radius 3 is 2.25 bits per heavy atom. The first kappa shape index (κ1) is 16.2. The highest BCUT2D eigenvalue weighted by Gasteiger charge is 2.25. The molecule has 1 rings (SSSR count). The summed E-state index contributed by atoms with van der Waals surface area (Å²) in [5, 5.41) is 8.65. The molecule has 0 atom stereocenters. The molecule has 0 bridgehead atoms. The minimum atomic E-state index is -0.440. The van der Waals surface area contributed by atoms with Gasteiger partial charge >= 0.3 is 0 Å². The summed E-state index contributed by atoms with van der Waals surface area (Å²) in [5.74, 6) is -0.0609. The molecule has 0 radical (unpaired) electrons. The van der Waals surface area contributed by atoms with E-state index in [1.165, 1.54) is 6.92 Å². The zero-order valence-electron chi connectivity index (χ0n) is 12.5. The third-order valence-corrected chi connectivity index (χ3v) is 3.01. The van der Waals surface area contributed by atoms with Crippen LogP contribution in [0.5, 0.6) is 0 Å². The van der Waals surface area contributed by atoms with E-state index in [9.17, 15) is 9.59 Å². The van der Waals surface area contributed by atoms with Crippen molar-refractivity contribution in [1.29, 1.82) is 0 Å². The lowest BCUT2D eigenvalue weighted by Crippen LogP contribution is -2.41. The molecule has 0 heterocycles. The Hall–Kier alpha value is -1.88. The van der Waals surface area contributed by atoms with Crippen LogP contribution in [0.15, 0.2) is 24.3 Å². The number of benzene rings is 1. The van der Waals surface area contributed by atoms with E-state index in [0.29, 0.717) is 13.1 Å². The molecule has 5 heteroatoms. The van der Waals surface area contributed by atoms with Crippen LogP contribution in [0.25, 0.3) is 0 Å². The molecule has 0 aliphatic rings. The predicted octanol–water partition coefficient (Wildman–Crippen LogP) is 1.51. The van der Waals surface area contributed by atoms with Gasteiger partial charge in [0.2, 0.25) is 11.8 Å². The zero-order chi connectivity index (χ0) is 15.2. The van der Waals surface area contributed by atoms with Crippen LogP contribution in [0, 0.1) is 5.41 Å². The Bertz CT molecular complexity index is 467. The van der Waals surface area contributed by atoms with Crippen molar-refractivity contribution in [2.75, 3.05) is 18.9 Å². The number of nitrogens with one attached hydrogen (secondary N) is 3. The van der Waals surface area contributed by atoms with Crippen LogP contribution >= 0.6 is 0 Å². The Morgan fingerprint density at radius 1 is 1.15 bits per heavy atom. The number of carbonyl (C=O) groups excluding carboxylic acids is 2. The average Bonchev–Trinajstić information content (AvgIpc) is 2.39. The van der Waals surface area contributed by atoms with Crippen LogP contribution in [0.3, 0.4) is 0 Å². The molecule has 0 spiro atoms. The van der Waals surface area contributed by atoms with Crippen LogP contribution < -0.4 is 16.0 Å². The second-order valence-electron chi connectivity index (χ2n) is 5.44. The van der Waals surface area contributed by atoms with Crippen molar-refractivity contribution in [3.8, 4) is 0 Å². The molecule has 2 amide bonds. The van der Waals surface area contributed by atoms with Crippen LogP contribution in [-0.4, -0.2) is 25.4 Å². The lowest BCUT2D eigenvalue weighted by Gasteiger charge is -2.23. The minimum absolute atomic E-state index is 0.0195. The molecule has 0 aliphatic carbocycles. The number of hydrogen-bond donors (Lipinski definition) is 3. The molecule has 1 aromatic carbocycles. The van der Waals surface area contributed by atoms with Crippen LogP contribution in [-0.2, 0) is 16.1 Å². The summed E-state index contributed by atoms with van der Waals surface area (Å²) in [6.07, 6.45) is 0. The smallest absolute Gasteiger partial charge is 0.226 e. The number of rotatable bonds is 6. The molecule has 1 aromatic rings. The molecule has 110 valence electrons. The van der Waals surface area contributed by atoms with E-state index >= 15 is 0 Å². The third kappa shape index (κ3) is 5.01. The Labute approximate surface area is 120 Å². The fourth-order valence-corrected chi connectivity index (χ4v) is 1.85. The number of carbonyl (C=O) groups is 2. The van der Waals surface area contributed by atoms with Gasteiger partial charge in [-0.15, -0.1) is 0 Å². The Morgan fingerprint density at radius 2 is 1.75 bits per heavy atom. The maximum absolute atomic E-state index is 11.6. The summed E-state index contributed by atoms with van der Waals surface area (Å²) < 4.78 is 0. The van der Waals surface area contributed by atoms with Gasteiger partial charge in [-0.25, -0.2) is 0 Å². The van der Waals surface area contributed by atoms with Gasteiger partial charge in [-0.1, -0.05) is 12.1 Å². The van der Waals surface area contributed by atoms with E-state index < -0.39 is 5.41 Å². The standard InChI is InChI=1S/C15H23N3O2/c1-11(19)18-13-7-5-12(6-8-13)9-17-10-15(2,3)14(20)16-4/h5-8,17H,9-10H2,1-4H3,(H,16,20)(H,18,19). The van der Waals surface area contributed by atoms with Crippen molar-refractivity contribution in [2.24, 2.45) is 5.41 Å². The van der Waals surface area contributed by atoms with E-state index in [2.05, 4.69) is 16.0 Å². The molecule has 0 saturated carbocycles. The number of amides is 2. The summed E-state index contributed by atoms with van der Waals surface area (Å²) >= 11 is 0. The molecule has 0 aliphatic heterocycles. The second kappa shape index (κ2) is 7.05. The van der Waals surface area contributed by atoms with Gasteiger partial charge in [0.05, 0.1) is 5.41 Å². The molecule has 0 saturated heterocycles. The summed E-state index contributed by atoms with van der Waals surface area (Å²) in [6.45, 7) is 6.56. The SMILES string of the molecule is CNC(=O)C(C)(C)CNCc1ccc(NC(C)=O)cc1. The van der Waals surface area contributed by atoms with Gasteiger partial charge in [0.25, 0.3) is 0 Å². The van der Waals surface area contributed by atoms with Crippen molar-refractivity contribution in [1.82, 2.24) is 10.6 Å². The maximum atomic E-state index is 11.6. The first-order valence-corrected chi connectivity index (χ1v) is 6.64. The van der Waals surface area contributed by atoms with Crippen molar-refractivity contribution < 1.29 is 9.59 Å². The Balaban J connectivity index is 2.46. The minimum Gasteiger partial charge on any atom is -0.359 e. The van der Waals surface area contributed by atoms with E-state index in [0.717, 1.165) is 11.3 Å². The first-order chi connectivity index (χ1) is 9.35. The molecule has 0 fully saturated rings. The summed E-state index contributed by atoms with van der Waals surface area (Å²) in [7, 11) is 1.64. The van der Waals surface area contributed by atoms with Gasteiger partial charge in [-0.3, -0.25) is 9.59 Å². The largest absolute Gasteiger partial charge is 0.359 e. The van der Waals surface area contributed by atoms with Gasteiger partial charge in [0.15, 0.2) is 0 Å². The highest BCUT2D eigenvalue weighted by atomic mass is 16.2. The van der Waals surface area contributed by atoms with Gasteiger partial charge in [0, 0.05) is 32.7 Å². The fraction of sp³-hybridized carbons (Fsp3) is 0.467. The van der Waals surface area contributed by atoms with Crippen molar-refractivity contribution in [3.05, 3.63) is 29.8 Å². The highest BCUT2D eigenvalue weighted by molar-refractivity contribution is 5.88. The highest BCUT2D eigenvalue weighted by Crippen LogP contribution is 2.14. The predicted molar refractivity (Wildman–Crippen MR) is 80.3 cm³/mol. The molecule has 5 nitrogen and oxygen atoms in total. The molecule has 0 aromatic heterocycles. The summed E-state index contributed by atoms with van der Waals surface area (Å²) in [6, 6.07) is 7.63. The van der Waals surface area contributed by atoms with Gasteiger partial charge in [0.1, 0.15) is 0 Å². The molecule has 3 N–H and O–H groups in total.